The number of rotatable bonds is 4. The van der Waals surface area contributed by atoms with Crippen LogP contribution in [0.5, 0.6) is 0 Å². The van der Waals surface area contributed by atoms with E-state index in [0.717, 1.165) is 4.90 Å². The smallest absolute Gasteiger partial charge is 0.336 e. The van der Waals surface area contributed by atoms with Crippen molar-refractivity contribution >= 4 is 33.7 Å². The predicted molar refractivity (Wildman–Crippen MR) is 68.1 cm³/mol. The average Bonchev–Trinajstić information content (AvgIpc) is 2.14. The van der Waals surface area contributed by atoms with Crippen LogP contribution in [0, 0.1) is 0 Å². The summed E-state index contributed by atoms with van der Waals surface area (Å²) in [6.07, 6.45) is 0. The maximum absolute atomic E-state index is 10.9. The van der Waals surface area contributed by atoms with E-state index in [1.165, 1.54) is 11.8 Å². The molecule has 0 saturated carbocycles. The van der Waals surface area contributed by atoms with E-state index < -0.39 is 11.6 Å². The third-order valence-corrected chi connectivity index (χ3v) is 3.89. The Morgan fingerprint density at radius 2 is 2.12 bits per heavy atom. The fourth-order valence-corrected chi connectivity index (χ4v) is 2.32. The van der Waals surface area contributed by atoms with Gasteiger partial charge in [0.15, 0.2) is 0 Å². The number of thioether (sulfide) groups is 1. The zero-order valence-corrected chi connectivity index (χ0v) is 11.4. The molecule has 1 aromatic rings. The van der Waals surface area contributed by atoms with Crippen molar-refractivity contribution in [3.63, 3.8) is 0 Å². The molecule has 0 radical (unpaired) electrons. The van der Waals surface area contributed by atoms with E-state index in [1.807, 2.05) is 6.07 Å². The van der Waals surface area contributed by atoms with E-state index in [1.54, 1.807) is 26.0 Å². The molecule has 88 valence electrons. The Labute approximate surface area is 107 Å². The Balaban J connectivity index is 2.83. The highest BCUT2D eigenvalue weighted by molar-refractivity contribution is 9.10. The van der Waals surface area contributed by atoms with Gasteiger partial charge in [0.25, 0.3) is 0 Å². The number of carboxylic acid groups (broad SMARTS) is 1. The highest BCUT2D eigenvalue weighted by atomic mass is 79.9. The maximum atomic E-state index is 10.9. The first kappa shape index (κ1) is 13.5. The van der Waals surface area contributed by atoms with Crippen molar-refractivity contribution in [3.05, 3.63) is 28.2 Å². The van der Waals surface area contributed by atoms with Crippen molar-refractivity contribution in [2.24, 2.45) is 0 Å². The molecule has 0 heterocycles. The molecule has 0 atom stereocenters. The van der Waals surface area contributed by atoms with Crippen molar-refractivity contribution in [2.75, 3.05) is 5.75 Å². The van der Waals surface area contributed by atoms with Crippen LogP contribution in [0.25, 0.3) is 0 Å². The Hall–Kier alpha value is -0.520. The summed E-state index contributed by atoms with van der Waals surface area (Å²) in [5.74, 6) is -0.439. The van der Waals surface area contributed by atoms with Gasteiger partial charge in [-0.05, 0) is 48.0 Å². The molecule has 0 amide bonds. The minimum atomic E-state index is -0.961. The van der Waals surface area contributed by atoms with Gasteiger partial charge in [-0.25, -0.2) is 4.79 Å². The molecule has 0 aliphatic heterocycles. The number of hydrogen-bond acceptors (Lipinski definition) is 3. The standard InChI is InChI=1S/C11H13BrO3S/c1-11(2,15)6-16-7-3-4-9(12)8(5-7)10(13)14/h3-5,15H,6H2,1-2H3,(H,13,14). The lowest BCUT2D eigenvalue weighted by Gasteiger charge is -2.16. The molecule has 16 heavy (non-hydrogen) atoms. The first-order chi connectivity index (χ1) is 7.29. The van der Waals surface area contributed by atoms with Crippen LogP contribution in [0.2, 0.25) is 0 Å². The van der Waals surface area contributed by atoms with Gasteiger partial charge < -0.3 is 10.2 Å². The zero-order valence-electron chi connectivity index (χ0n) is 9.03. The van der Waals surface area contributed by atoms with Crippen molar-refractivity contribution in [3.8, 4) is 0 Å². The molecule has 0 aliphatic rings. The lowest BCUT2D eigenvalue weighted by Crippen LogP contribution is -2.21. The van der Waals surface area contributed by atoms with E-state index in [2.05, 4.69) is 15.9 Å². The molecule has 0 bridgehead atoms. The van der Waals surface area contributed by atoms with Gasteiger partial charge in [-0.15, -0.1) is 11.8 Å². The predicted octanol–water partition coefficient (Wildman–Crippen LogP) is 3.01. The Morgan fingerprint density at radius 3 is 2.62 bits per heavy atom. The first-order valence-corrected chi connectivity index (χ1v) is 6.45. The molecular weight excluding hydrogens is 292 g/mol. The van der Waals surface area contributed by atoms with Gasteiger partial charge in [0.2, 0.25) is 0 Å². The zero-order chi connectivity index (χ0) is 12.3. The van der Waals surface area contributed by atoms with Gasteiger partial charge >= 0.3 is 5.97 Å². The molecule has 1 rings (SSSR count). The number of aliphatic hydroxyl groups is 1. The van der Waals surface area contributed by atoms with Crippen LogP contribution in [0.15, 0.2) is 27.6 Å². The third kappa shape index (κ3) is 4.15. The van der Waals surface area contributed by atoms with Gasteiger partial charge in [-0.1, -0.05) is 0 Å². The molecule has 0 fully saturated rings. The number of carbonyl (C=O) groups is 1. The van der Waals surface area contributed by atoms with Crippen LogP contribution in [0.1, 0.15) is 24.2 Å². The van der Waals surface area contributed by atoms with E-state index in [0.29, 0.717) is 10.2 Å². The first-order valence-electron chi connectivity index (χ1n) is 4.67. The fraction of sp³-hybridized carbons (Fsp3) is 0.364. The molecule has 0 spiro atoms. The molecule has 5 heteroatoms. The van der Waals surface area contributed by atoms with E-state index in [4.69, 9.17) is 5.11 Å². The van der Waals surface area contributed by atoms with Crippen molar-refractivity contribution in [2.45, 2.75) is 24.3 Å². The van der Waals surface area contributed by atoms with Crippen molar-refractivity contribution in [1.82, 2.24) is 0 Å². The van der Waals surface area contributed by atoms with Crippen LogP contribution >= 0.6 is 27.7 Å². The molecular formula is C11H13BrO3S. The van der Waals surface area contributed by atoms with Crippen LogP contribution < -0.4 is 0 Å². The fourth-order valence-electron chi connectivity index (χ4n) is 1.02. The van der Waals surface area contributed by atoms with Gasteiger partial charge in [-0.2, -0.15) is 0 Å². The lowest BCUT2D eigenvalue weighted by molar-refractivity contribution is 0.0695. The van der Waals surface area contributed by atoms with Crippen LogP contribution in [0.4, 0.5) is 0 Å². The molecule has 0 unspecified atom stereocenters. The SMILES string of the molecule is CC(C)(O)CSc1ccc(Br)c(C(=O)O)c1. The minimum Gasteiger partial charge on any atom is -0.478 e. The van der Waals surface area contributed by atoms with Gasteiger partial charge in [0.05, 0.1) is 11.2 Å². The topological polar surface area (TPSA) is 57.5 Å². The maximum Gasteiger partial charge on any atom is 0.336 e. The monoisotopic (exact) mass is 304 g/mol. The van der Waals surface area contributed by atoms with Gasteiger partial charge in [0, 0.05) is 15.1 Å². The van der Waals surface area contributed by atoms with E-state index >= 15 is 0 Å². The summed E-state index contributed by atoms with van der Waals surface area (Å²) >= 11 is 4.62. The summed E-state index contributed by atoms with van der Waals surface area (Å²) < 4.78 is 0.563. The summed E-state index contributed by atoms with van der Waals surface area (Å²) in [6.45, 7) is 3.44. The minimum absolute atomic E-state index is 0.237. The highest BCUT2D eigenvalue weighted by Gasteiger charge is 2.14. The van der Waals surface area contributed by atoms with Crippen molar-refractivity contribution < 1.29 is 15.0 Å². The Bertz CT molecular complexity index is 399. The third-order valence-electron chi connectivity index (χ3n) is 1.76. The molecule has 3 nitrogen and oxygen atoms in total. The quantitative estimate of drug-likeness (QED) is 0.840. The summed E-state index contributed by atoms with van der Waals surface area (Å²) in [5, 5.41) is 18.5. The second-order valence-electron chi connectivity index (χ2n) is 4.05. The number of hydrogen-bond donors (Lipinski definition) is 2. The second kappa shape index (κ2) is 5.21. The number of benzene rings is 1. The normalized spacial score (nSPS) is 11.5. The number of carboxylic acids is 1. The Morgan fingerprint density at radius 1 is 1.50 bits per heavy atom. The summed E-state index contributed by atoms with van der Waals surface area (Å²) in [6, 6.07) is 5.13. The summed E-state index contributed by atoms with van der Waals surface area (Å²) in [7, 11) is 0. The number of halogens is 1. The second-order valence-corrected chi connectivity index (χ2v) is 5.95. The van der Waals surface area contributed by atoms with Crippen LogP contribution in [-0.2, 0) is 0 Å². The van der Waals surface area contributed by atoms with Crippen LogP contribution in [0.3, 0.4) is 0 Å². The van der Waals surface area contributed by atoms with Gasteiger partial charge in [0.1, 0.15) is 0 Å². The largest absolute Gasteiger partial charge is 0.478 e. The van der Waals surface area contributed by atoms with E-state index in [-0.39, 0.29) is 5.56 Å². The average molecular weight is 305 g/mol. The molecule has 0 aliphatic carbocycles. The molecule has 0 saturated heterocycles. The lowest BCUT2D eigenvalue weighted by atomic mass is 10.2. The van der Waals surface area contributed by atoms with Crippen LogP contribution in [-0.4, -0.2) is 27.5 Å². The summed E-state index contributed by atoms with van der Waals surface area (Å²) in [5.41, 5.74) is -0.526. The highest BCUT2D eigenvalue weighted by Crippen LogP contribution is 2.27. The molecule has 1 aromatic carbocycles. The summed E-state index contributed by atoms with van der Waals surface area (Å²) in [4.78, 5) is 11.7. The number of aromatic carboxylic acids is 1. The van der Waals surface area contributed by atoms with Gasteiger partial charge in [-0.3, -0.25) is 0 Å². The Kier molecular flexibility index (Phi) is 4.41. The molecule has 2 N–H and O–H groups in total. The molecule has 0 aromatic heterocycles. The van der Waals surface area contributed by atoms with E-state index in [9.17, 15) is 9.90 Å². The van der Waals surface area contributed by atoms with Crippen molar-refractivity contribution in [1.29, 1.82) is 0 Å².